The second kappa shape index (κ2) is 10.9. The molecule has 8 nitrogen and oxygen atoms in total. The number of amides is 2. The number of piperazine rings is 1. The molecule has 1 atom stereocenters. The first-order valence-electron chi connectivity index (χ1n) is 10.5. The van der Waals surface area contributed by atoms with E-state index in [1.54, 1.807) is 12.1 Å². The number of benzene rings is 2. The number of nitrogens with one attached hydrogen (secondary N) is 2. The molecule has 0 radical (unpaired) electrons. The number of rotatable bonds is 7. The van der Waals surface area contributed by atoms with Gasteiger partial charge in [-0.1, -0.05) is 0 Å². The minimum absolute atomic E-state index is 0.0841. The van der Waals surface area contributed by atoms with Gasteiger partial charge in [-0.2, -0.15) is 0 Å². The van der Waals surface area contributed by atoms with Crippen molar-refractivity contribution in [3.05, 3.63) is 59.7 Å². The van der Waals surface area contributed by atoms with Gasteiger partial charge in [0, 0.05) is 43.1 Å². The normalized spacial score (nSPS) is 16.2. The van der Waals surface area contributed by atoms with Gasteiger partial charge >= 0.3 is 5.97 Å². The summed E-state index contributed by atoms with van der Waals surface area (Å²) in [6.45, 7) is 3.91. The number of carbonyl (C=O) groups excluding carboxylic acids is 3. The van der Waals surface area contributed by atoms with Crippen LogP contribution in [0.15, 0.2) is 42.5 Å². The molecule has 1 fully saturated rings. The van der Waals surface area contributed by atoms with Gasteiger partial charge in [-0.25, -0.2) is 13.6 Å². The Labute approximate surface area is 190 Å². The van der Waals surface area contributed by atoms with Crippen molar-refractivity contribution in [2.24, 2.45) is 0 Å². The zero-order valence-corrected chi connectivity index (χ0v) is 18.4. The van der Waals surface area contributed by atoms with E-state index in [1.165, 1.54) is 13.2 Å². The predicted molar refractivity (Wildman–Crippen MR) is 119 cm³/mol. The van der Waals surface area contributed by atoms with Gasteiger partial charge in [0.05, 0.1) is 25.8 Å². The molecule has 10 heteroatoms. The molecule has 0 spiro atoms. The summed E-state index contributed by atoms with van der Waals surface area (Å²) >= 11 is 0. The molecule has 33 heavy (non-hydrogen) atoms. The van der Waals surface area contributed by atoms with E-state index in [0.717, 1.165) is 17.8 Å². The number of ether oxygens (including phenoxy) is 1. The molecule has 176 valence electrons. The van der Waals surface area contributed by atoms with Crippen LogP contribution in [0.3, 0.4) is 0 Å². The topological polar surface area (TPSA) is 91.0 Å². The fourth-order valence-electron chi connectivity index (χ4n) is 3.59. The number of halogens is 2. The molecule has 0 bridgehead atoms. The van der Waals surface area contributed by atoms with E-state index in [4.69, 9.17) is 4.74 Å². The molecular weight excluding hydrogens is 434 g/mol. The van der Waals surface area contributed by atoms with Crippen molar-refractivity contribution in [2.75, 3.05) is 50.1 Å². The Kier molecular flexibility index (Phi) is 7.94. The molecule has 0 aromatic heterocycles. The lowest BCUT2D eigenvalue weighted by Crippen LogP contribution is -2.54. The van der Waals surface area contributed by atoms with Gasteiger partial charge in [0.1, 0.15) is 0 Å². The molecule has 2 amide bonds. The van der Waals surface area contributed by atoms with Gasteiger partial charge in [0.25, 0.3) is 0 Å². The highest BCUT2D eigenvalue weighted by Crippen LogP contribution is 2.20. The third-order valence-electron chi connectivity index (χ3n) is 5.41. The van der Waals surface area contributed by atoms with Crippen molar-refractivity contribution >= 4 is 29.2 Å². The van der Waals surface area contributed by atoms with E-state index in [9.17, 15) is 23.2 Å². The molecular formula is C23H26F2N4O4. The largest absolute Gasteiger partial charge is 0.465 e. The highest BCUT2D eigenvalue weighted by Gasteiger charge is 2.25. The number of hydrogen-bond donors (Lipinski definition) is 2. The van der Waals surface area contributed by atoms with Crippen molar-refractivity contribution in [1.29, 1.82) is 0 Å². The van der Waals surface area contributed by atoms with Crippen LogP contribution in [-0.4, -0.2) is 68.6 Å². The van der Waals surface area contributed by atoms with Gasteiger partial charge in [-0.05, 0) is 43.3 Å². The molecule has 1 unspecified atom stereocenters. The van der Waals surface area contributed by atoms with E-state index < -0.39 is 17.5 Å². The van der Waals surface area contributed by atoms with Crippen molar-refractivity contribution in [3.8, 4) is 0 Å². The third kappa shape index (κ3) is 6.48. The number of anilines is 2. The van der Waals surface area contributed by atoms with Crippen molar-refractivity contribution < 1.29 is 27.9 Å². The smallest absolute Gasteiger partial charge is 0.337 e. The number of carbonyl (C=O) groups is 3. The van der Waals surface area contributed by atoms with Crippen LogP contribution in [0.2, 0.25) is 0 Å². The summed E-state index contributed by atoms with van der Waals surface area (Å²) in [5, 5.41) is 4.95. The average Bonchev–Trinajstić information content (AvgIpc) is 2.81. The summed E-state index contributed by atoms with van der Waals surface area (Å²) in [7, 11) is 1.34. The van der Waals surface area contributed by atoms with Crippen LogP contribution in [0.1, 0.15) is 17.3 Å². The summed E-state index contributed by atoms with van der Waals surface area (Å²) in [4.78, 5) is 40.0. The maximum Gasteiger partial charge on any atom is 0.337 e. The first-order valence-corrected chi connectivity index (χ1v) is 10.5. The fourth-order valence-corrected chi connectivity index (χ4v) is 3.59. The number of hydrogen-bond acceptors (Lipinski definition) is 6. The molecule has 0 saturated carbocycles. The van der Waals surface area contributed by atoms with Gasteiger partial charge in [-0.3, -0.25) is 14.5 Å². The summed E-state index contributed by atoms with van der Waals surface area (Å²) < 4.78 is 30.9. The lowest BCUT2D eigenvalue weighted by Gasteiger charge is -2.40. The molecule has 2 N–H and O–H groups in total. The van der Waals surface area contributed by atoms with Gasteiger partial charge in [-0.15, -0.1) is 0 Å². The molecule has 1 aliphatic rings. The highest BCUT2D eigenvalue weighted by molar-refractivity contribution is 5.94. The summed E-state index contributed by atoms with van der Waals surface area (Å²) in [6.07, 6.45) is 0. The first-order chi connectivity index (χ1) is 15.8. The van der Waals surface area contributed by atoms with Crippen LogP contribution >= 0.6 is 0 Å². The molecule has 3 rings (SSSR count). The van der Waals surface area contributed by atoms with Crippen LogP contribution < -0.4 is 15.5 Å². The summed E-state index contributed by atoms with van der Waals surface area (Å²) in [5.74, 6) is -3.30. The Balaban J connectivity index is 1.44. The zero-order valence-electron chi connectivity index (χ0n) is 18.4. The summed E-state index contributed by atoms with van der Waals surface area (Å²) in [6, 6.07) is 10.3. The van der Waals surface area contributed by atoms with Crippen molar-refractivity contribution in [3.63, 3.8) is 0 Å². The second-order valence-electron chi connectivity index (χ2n) is 7.76. The summed E-state index contributed by atoms with van der Waals surface area (Å²) in [5.41, 5.74) is 1.57. The molecule has 2 aromatic rings. The van der Waals surface area contributed by atoms with Crippen LogP contribution in [0.5, 0.6) is 0 Å². The Morgan fingerprint density at radius 2 is 1.76 bits per heavy atom. The standard InChI is InChI=1S/C23H26F2N4O4/c1-15-13-29(18-6-3-16(4-7-18)23(32)33-2)10-9-28(15)14-22(31)26-12-21(30)27-17-5-8-19(24)20(25)11-17/h3-8,11,15H,9-10,12-14H2,1-2H3,(H,26,31)(H,27,30). The predicted octanol–water partition coefficient (Wildman–Crippen LogP) is 2.02. The van der Waals surface area contributed by atoms with Gasteiger partial charge < -0.3 is 20.3 Å². The first kappa shape index (κ1) is 24.1. The average molecular weight is 460 g/mol. The Hall–Kier alpha value is -3.53. The minimum Gasteiger partial charge on any atom is -0.465 e. The Morgan fingerprint density at radius 1 is 1.03 bits per heavy atom. The minimum atomic E-state index is -1.07. The van der Waals surface area contributed by atoms with Crippen LogP contribution in [0.25, 0.3) is 0 Å². The van der Waals surface area contributed by atoms with E-state index in [0.29, 0.717) is 25.2 Å². The van der Waals surface area contributed by atoms with Gasteiger partial charge in [0.15, 0.2) is 11.6 Å². The van der Waals surface area contributed by atoms with Gasteiger partial charge in [0.2, 0.25) is 11.8 Å². The number of esters is 1. The van der Waals surface area contributed by atoms with Crippen LogP contribution in [0.4, 0.5) is 20.2 Å². The third-order valence-corrected chi connectivity index (χ3v) is 5.41. The second-order valence-corrected chi connectivity index (χ2v) is 7.76. The SMILES string of the molecule is COC(=O)c1ccc(N2CCN(CC(=O)NCC(=O)Nc3ccc(F)c(F)c3)C(C)C2)cc1. The number of nitrogens with zero attached hydrogens (tertiary/aromatic N) is 2. The van der Waals surface area contributed by atoms with Crippen molar-refractivity contribution in [1.82, 2.24) is 10.2 Å². The Bertz CT molecular complexity index is 1020. The van der Waals surface area contributed by atoms with E-state index in [-0.39, 0.29) is 36.7 Å². The fraction of sp³-hybridized carbons (Fsp3) is 0.348. The maximum atomic E-state index is 13.2. The zero-order chi connectivity index (χ0) is 24.0. The maximum absolute atomic E-state index is 13.2. The van der Waals surface area contributed by atoms with E-state index in [1.807, 2.05) is 24.0 Å². The monoisotopic (exact) mass is 460 g/mol. The molecule has 1 aliphatic heterocycles. The highest BCUT2D eigenvalue weighted by atomic mass is 19.2. The molecule has 0 aliphatic carbocycles. The van der Waals surface area contributed by atoms with E-state index >= 15 is 0 Å². The van der Waals surface area contributed by atoms with Crippen LogP contribution in [-0.2, 0) is 14.3 Å². The lowest BCUT2D eigenvalue weighted by atomic mass is 10.1. The van der Waals surface area contributed by atoms with Crippen molar-refractivity contribution in [2.45, 2.75) is 13.0 Å². The lowest BCUT2D eigenvalue weighted by molar-refractivity contribution is -0.125. The molecule has 1 saturated heterocycles. The molecule has 2 aromatic carbocycles. The quantitative estimate of drug-likeness (QED) is 0.615. The number of methoxy groups -OCH3 is 1. The van der Waals surface area contributed by atoms with E-state index in [2.05, 4.69) is 15.5 Å². The Morgan fingerprint density at radius 3 is 2.39 bits per heavy atom. The molecule has 1 heterocycles. The van der Waals surface area contributed by atoms with Crippen LogP contribution in [0, 0.1) is 11.6 Å².